The highest BCUT2D eigenvalue weighted by Gasteiger charge is 2.27. The number of rotatable bonds is 7. The number of nitrogens with zero attached hydrogens (tertiary/aromatic N) is 3. The number of thioether (sulfide) groups is 2. The summed E-state index contributed by atoms with van der Waals surface area (Å²) in [6, 6.07) is 15.6. The topological polar surface area (TPSA) is 49.2 Å². The van der Waals surface area contributed by atoms with Gasteiger partial charge in [0.25, 0.3) is 0 Å². The lowest BCUT2D eigenvalue weighted by Gasteiger charge is -2.25. The first kappa shape index (κ1) is 19.5. The van der Waals surface area contributed by atoms with Gasteiger partial charge in [-0.3, -0.25) is 0 Å². The quantitative estimate of drug-likeness (QED) is 0.374. The van der Waals surface area contributed by atoms with Gasteiger partial charge in [0, 0.05) is 17.7 Å². The summed E-state index contributed by atoms with van der Waals surface area (Å²) in [4.78, 5) is 1.13. The minimum Gasteiger partial charge on any atom is -0.485 e. The van der Waals surface area contributed by atoms with Crippen molar-refractivity contribution < 1.29 is 9.47 Å². The van der Waals surface area contributed by atoms with E-state index in [1.807, 2.05) is 54.1 Å². The van der Waals surface area contributed by atoms with E-state index in [-0.39, 0.29) is 6.10 Å². The van der Waals surface area contributed by atoms with Crippen LogP contribution in [0.5, 0.6) is 11.5 Å². The molecule has 0 spiro atoms. The van der Waals surface area contributed by atoms with Gasteiger partial charge in [0.2, 0.25) is 0 Å². The van der Waals surface area contributed by atoms with Gasteiger partial charge < -0.3 is 14.0 Å². The number of para-hydroxylation sites is 2. The van der Waals surface area contributed by atoms with E-state index in [1.165, 1.54) is 0 Å². The summed E-state index contributed by atoms with van der Waals surface area (Å²) in [6.07, 6.45) is 0.802. The highest BCUT2D eigenvalue weighted by atomic mass is 35.5. The van der Waals surface area contributed by atoms with E-state index in [0.717, 1.165) is 50.3 Å². The van der Waals surface area contributed by atoms with Gasteiger partial charge in [0.1, 0.15) is 6.61 Å². The highest BCUT2D eigenvalue weighted by molar-refractivity contribution is 8.00. The second kappa shape index (κ2) is 9.11. The minimum absolute atomic E-state index is 0.252. The SMILES string of the molecule is Cn1c(SCCCSc2ccccc2Cl)nnc1C1COc2ccccc2O1. The zero-order valence-corrected chi connectivity index (χ0v) is 17.8. The minimum atomic E-state index is -0.252. The van der Waals surface area contributed by atoms with E-state index >= 15 is 0 Å². The molecule has 5 nitrogen and oxygen atoms in total. The van der Waals surface area contributed by atoms with E-state index in [1.54, 1.807) is 23.5 Å². The van der Waals surface area contributed by atoms with Crippen LogP contribution in [0.1, 0.15) is 18.3 Å². The summed E-state index contributed by atoms with van der Waals surface area (Å²) in [7, 11) is 1.97. The molecule has 0 saturated heterocycles. The van der Waals surface area contributed by atoms with Gasteiger partial charge in [-0.25, -0.2) is 0 Å². The molecule has 8 heteroatoms. The first-order valence-electron chi connectivity index (χ1n) is 9.00. The Balaban J connectivity index is 1.29. The Kier molecular flexibility index (Phi) is 6.34. The standard InChI is InChI=1S/C20H20ClN3O2S2/c1-24-19(17-13-25-15-8-3-4-9-16(15)26-17)22-23-20(24)28-12-6-11-27-18-10-5-2-7-14(18)21/h2-5,7-10,17H,6,11-13H2,1H3. The predicted molar refractivity (Wildman–Crippen MR) is 114 cm³/mol. The molecule has 0 amide bonds. The Morgan fingerprint density at radius 2 is 1.79 bits per heavy atom. The van der Waals surface area contributed by atoms with Crippen LogP contribution in [0.15, 0.2) is 58.6 Å². The van der Waals surface area contributed by atoms with Gasteiger partial charge >= 0.3 is 0 Å². The van der Waals surface area contributed by atoms with Crippen molar-refractivity contribution in [3.63, 3.8) is 0 Å². The third kappa shape index (κ3) is 4.42. The van der Waals surface area contributed by atoms with Gasteiger partial charge in [-0.05, 0) is 36.4 Å². The fourth-order valence-corrected chi connectivity index (χ4v) is 5.07. The van der Waals surface area contributed by atoms with E-state index in [0.29, 0.717) is 6.61 Å². The molecule has 4 rings (SSSR count). The molecular weight excluding hydrogens is 414 g/mol. The molecule has 0 bridgehead atoms. The molecule has 1 aliphatic heterocycles. The lowest BCUT2D eigenvalue weighted by molar-refractivity contribution is 0.0825. The molecule has 0 saturated carbocycles. The molecule has 2 heterocycles. The second-order valence-corrected chi connectivity index (χ2v) is 8.85. The maximum atomic E-state index is 6.19. The lowest BCUT2D eigenvalue weighted by Crippen LogP contribution is -2.24. The van der Waals surface area contributed by atoms with Crippen molar-refractivity contribution in [3.8, 4) is 11.5 Å². The molecule has 0 fully saturated rings. The molecule has 1 aromatic heterocycles. The largest absolute Gasteiger partial charge is 0.485 e. The Bertz CT molecular complexity index is 951. The van der Waals surface area contributed by atoms with Gasteiger partial charge in [0.05, 0.1) is 5.02 Å². The summed E-state index contributed by atoms with van der Waals surface area (Å²) in [5, 5.41) is 10.4. The summed E-state index contributed by atoms with van der Waals surface area (Å²) in [5.41, 5.74) is 0. The molecule has 0 aliphatic carbocycles. The second-order valence-electron chi connectivity index (χ2n) is 6.24. The lowest BCUT2D eigenvalue weighted by atomic mass is 10.2. The molecule has 0 radical (unpaired) electrons. The van der Waals surface area contributed by atoms with Crippen molar-refractivity contribution >= 4 is 35.1 Å². The van der Waals surface area contributed by atoms with Crippen LogP contribution in [-0.2, 0) is 7.05 Å². The Labute approximate surface area is 177 Å². The van der Waals surface area contributed by atoms with Gasteiger partial charge in [0.15, 0.2) is 28.6 Å². The zero-order chi connectivity index (χ0) is 19.3. The molecule has 3 aromatic rings. The van der Waals surface area contributed by atoms with Crippen LogP contribution >= 0.6 is 35.1 Å². The number of halogens is 1. The predicted octanol–water partition coefficient (Wildman–Crippen LogP) is 5.26. The van der Waals surface area contributed by atoms with Crippen molar-refractivity contribution in [2.45, 2.75) is 22.6 Å². The van der Waals surface area contributed by atoms with E-state index in [4.69, 9.17) is 21.1 Å². The first-order chi connectivity index (χ1) is 13.7. The molecule has 2 aromatic carbocycles. The maximum Gasteiger partial charge on any atom is 0.192 e. The van der Waals surface area contributed by atoms with Gasteiger partial charge in [-0.2, -0.15) is 0 Å². The number of hydrogen-bond acceptors (Lipinski definition) is 6. The van der Waals surface area contributed by atoms with Crippen molar-refractivity contribution in [3.05, 3.63) is 59.4 Å². The van der Waals surface area contributed by atoms with Crippen LogP contribution in [0, 0.1) is 0 Å². The van der Waals surface area contributed by atoms with Crippen LogP contribution in [0.25, 0.3) is 0 Å². The fraction of sp³-hybridized carbons (Fsp3) is 0.300. The van der Waals surface area contributed by atoms with Crippen molar-refractivity contribution in [2.75, 3.05) is 18.1 Å². The Morgan fingerprint density at radius 3 is 2.64 bits per heavy atom. The van der Waals surface area contributed by atoms with Crippen LogP contribution in [0.2, 0.25) is 5.02 Å². The Morgan fingerprint density at radius 1 is 1.04 bits per heavy atom. The summed E-state index contributed by atoms with van der Waals surface area (Å²) < 4.78 is 13.8. The number of hydrogen-bond donors (Lipinski definition) is 0. The number of aromatic nitrogens is 3. The third-order valence-corrected chi connectivity index (χ3v) is 6.99. The van der Waals surface area contributed by atoms with Crippen LogP contribution in [0.4, 0.5) is 0 Å². The van der Waals surface area contributed by atoms with E-state index in [9.17, 15) is 0 Å². The molecule has 1 atom stereocenters. The average molecular weight is 434 g/mol. The van der Waals surface area contributed by atoms with E-state index < -0.39 is 0 Å². The fourth-order valence-electron chi connectivity index (χ4n) is 2.85. The smallest absolute Gasteiger partial charge is 0.192 e. The summed E-state index contributed by atoms with van der Waals surface area (Å²) in [6.45, 7) is 0.433. The Hall–Kier alpha value is -1.83. The van der Waals surface area contributed by atoms with Gasteiger partial charge in [-0.15, -0.1) is 22.0 Å². The normalized spacial score (nSPS) is 15.6. The van der Waals surface area contributed by atoms with Crippen LogP contribution in [0.3, 0.4) is 0 Å². The van der Waals surface area contributed by atoms with Crippen molar-refractivity contribution in [2.24, 2.45) is 7.05 Å². The van der Waals surface area contributed by atoms with Crippen LogP contribution < -0.4 is 9.47 Å². The number of benzene rings is 2. The maximum absolute atomic E-state index is 6.19. The zero-order valence-electron chi connectivity index (χ0n) is 15.4. The van der Waals surface area contributed by atoms with Crippen molar-refractivity contribution in [1.82, 2.24) is 14.8 Å². The highest BCUT2D eigenvalue weighted by Crippen LogP contribution is 2.36. The summed E-state index contributed by atoms with van der Waals surface area (Å²) in [5.74, 6) is 4.27. The first-order valence-corrected chi connectivity index (χ1v) is 11.3. The van der Waals surface area contributed by atoms with Crippen molar-refractivity contribution in [1.29, 1.82) is 0 Å². The van der Waals surface area contributed by atoms with Gasteiger partial charge in [-0.1, -0.05) is 47.6 Å². The van der Waals surface area contributed by atoms with E-state index in [2.05, 4.69) is 16.3 Å². The number of ether oxygens (including phenoxy) is 2. The third-order valence-electron chi connectivity index (χ3n) is 4.28. The molecular formula is C20H20ClN3O2S2. The molecule has 1 unspecified atom stereocenters. The molecule has 1 aliphatic rings. The molecule has 28 heavy (non-hydrogen) atoms. The van der Waals surface area contributed by atoms with Crippen LogP contribution in [-0.4, -0.2) is 32.9 Å². The average Bonchev–Trinajstić information content (AvgIpc) is 3.09. The summed E-state index contributed by atoms with van der Waals surface area (Å²) >= 11 is 9.68. The number of fused-ring (bicyclic) bond motifs is 1. The molecule has 0 N–H and O–H groups in total. The monoisotopic (exact) mass is 433 g/mol. The molecule has 146 valence electrons.